The molecule has 4 rings (SSSR count). The Labute approximate surface area is 155 Å². The molecule has 2 aromatic rings. The van der Waals surface area contributed by atoms with E-state index in [1.165, 1.54) is 11.3 Å². The number of rotatable bonds is 6. The van der Waals surface area contributed by atoms with Crippen molar-refractivity contribution < 1.29 is 9.90 Å². The van der Waals surface area contributed by atoms with Crippen LogP contribution in [0.3, 0.4) is 0 Å². The van der Waals surface area contributed by atoms with Crippen molar-refractivity contribution in [3.8, 4) is 0 Å². The zero-order valence-corrected chi connectivity index (χ0v) is 15.1. The van der Waals surface area contributed by atoms with Crippen LogP contribution in [0.4, 0.5) is 5.69 Å². The lowest BCUT2D eigenvalue weighted by Gasteiger charge is -2.36. The van der Waals surface area contributed by atoms with Gasteiger partial charge in [-0.2, -0.15) is 0 Å². The largest absolute Gasteiger partial charge is 0.481 e. The Morgan fingerprint density at radius 1 is 0.885 bits per heavy atom. The van der Waals surface area contributed by atoms with Gasteiger partial charge in [0.1, 0.15) is 0 Å². The Balaban J connectivity index is 1.29. The number of carbonyl (C=O) groups is 1. The Bertz CT molecular complexity index is 745. The average Bonchev–Trinajstić information content (AvgIpc) is 3.46. The molecule has 2 aromatic carbocycles. The zero-order chi connectivity index (χ0) is 18.0. The van der Waals surface area contributed by atoms with Gasteiger partial charge in [-0.3, -0.25) is 9.69 Å². The highest BCUT2D eigenvalue weighted by atomic mass is 16.4. The Hall–Kier alpha value is -2.33. The summed E-state index contributed by atoms with van der Waals surface area (Å²) in [5, 5.41) is 9.33. The second-order valence-electron chi connectivity index (χ2n) is 7.68. The normalized spacial score (nSPS) is 19.3. The van der Waals surface area contributed by atoms with Gasteiger partial charge in [-0.1, -0.05) is 42.5 Å². The summed E-state index contributed by atoms with van der Waals surface area (Å²) in [5.41, 5.74) is 3.28. The van der Waals surface area contributed by atoms with Gasteiger partial charge >= 0.3 is 5.97 Å². The minimum atomic E-state index is -0.641. The molecular formula is C22H26N2O2. The van der Waals surface area contributed by atoms with Gasteiger partial charge in [0.25, 0.3) is 0 Å². The molecule has 1 saturated heterocycles. The molecule has 0 unspecified atom stereocenters. The first-order valence-corrected chi connectivity index (χ1v) is 9.48. The molecule has 2 aliphatic rings. The number of piperazine rings is 1. The summed E-state index contributed by atoms with van der Waals surface area (Å²) in [6.45, 7) is 5.22. The molecule has 1 N–H and O–H groups in total. The summed E-state index contributed by atoms with van der Waals surface area (Å²) in [4.78, 5) is 16.3. The van der Waals surface area contributed by atoms with Crippen molar-refractivity contribution in [2.75, 3.05) is 31.1 Å². The number of carboxylic acid groups (broad SMARTS) is 1. The molecular weight excluding hydrogens is 324 g/mol. The molecule has 1 aliphatic heterocycles. The summed E-state index contributed by atoms with van der Waals surface area (Å²) >= 11 is 0. The second-order valence-corrected chi connectivity index (χ2v) is 7.68. The van der Waals surface area contributed by atoms with Crippen LogP contribution in [0, 0.1) is 5.41 Å². The number of nitrogens with zero attached hydrogens (tertiary/aromatic N) is 2. The topological polar surface area (TPSA) is 43.8 Å². The van der Waals surface area contributed by atoms with Gasteiger partial charge in [0.15, 0.2) is 0 Å². The minimum Gasteiger partial charge on any atom is -0.481 e. The molecule has 0 atom stereocenters. The molecule has 1 aliphatic carbocycles. The maximum atomic E-state index is 11.3. The van der Waals surface area contributed by atoms with Crippen LogP contribution in [0.15, 0.2) is 54.6 Å². The molecule has 0 aromatic heterocycles. The number of aliphatic carboxylic acids is 1. The van der Waals surface area contributed by atoms with E-state index in [0.29, 0.717) is 6.42 Å². The van der Waals surface area contributed by atoms with Crippen molar-refractivity contribution >= 4 is 11.7 Å². The summed E-state index contributed by atoms with van der Waals surface area (Å²) in [6, 6.07) is 19.2. The van der Waals surface area contributed by atoms with Gasteiger partial charge in [-0.15, -0.1) is 0 Å². The van der Waals surface area contributed by atoms with Crippen molar-refractivity contribution in [3.05, 3.63) is 65.7 Å². The van der Waals surface area contributed by atoms with Crippen LogP contribution in [0.5, 0.6) is 0 Å². The molecule has 0 spiro atoms. The maximum Gasteiger partial charge on any atom is 0.309 e. The van der Waals surface area contributed by atoms with Crippen molar-refractivity contribution in [3.63, 3.8) is 0 Å². The lowest BCUT2D eigenvalue weighted by Crippen LogP contribution is -2.45. The van der Waals surface area contributed by atoms with Gasteiger partial charge in [0.2, 0.25) is 0 Å². The Morgan fingerprint density at radius 3 is 2.08 bits per heavy atom. The fourth-order valence-corrected chi connectivity index (χ4v) is 3.83. The molecule has 0 amide bonds. The summed E-state index contributed by atoms with van der Waals surface area (Å²) in [5.74, 6) is -0.641. The molecule has 26 heavy (non-hydrogen) atoms. The molecule has 136 valence electrons. The molecule has 4 heteroatoms. The van der Waals surface area contributed by atoms with E-state index in [4.69, 9.17) is 0 Å². The van der Waals surface area contributed by atoms with E-state index in [2.05, 4.69) is 64.4 Å². The van der Waals surface area contributed by atoms with E-state index >= 15 is 0 Å². The second kappa shape index (κ2) is 7.12. The fourth-order valence-electron chi connectivity index (χ4n) is 3.83. The number of hydrogen-bond acceptors (Lipinski definition) is 3. The van der Waals surface area contributed by atoms with E-state index in [-0.39, 0.29) is 0 Å². The molecule has 4 nitrogen and oxygen atoms in total. The highest BCUT2D eigenvalue weighted by molar-refractivity contribution is 5.78. The number of benzene rings is 2. The summed E-state index contributed by atoms with van der Waals surface area (Å²) in [7, 11) is 0. The van der Waals surface area contributed by atoms with Gasteiger partial charge in [-0.05, 0) is 42.5 Å². The van der Waals surface area contributed by atoms with Crippen LogP contribution in [-0.4, -0.2) is 42.2 Å². The standard InChI is InChI=1S/C22H26N2O2/c25-21(26)22(10-11-22)16-18-6-8-19(9-7-18)17-23-12-14-24(15-13-23)20-4-2-1-3-5-20/h1-9H,10-17H2,(H,25,26). The molecule has 1 heterocycles. The third-order valence-corrected chi connectivity index (χ3v) is 5.77. The maximum absolute atomic E-state index is 11.3. The van der Waals surface area contributed by atoms with Gasteiger partial charge < -0.3 is 10.0 Å². The quantitative estimate of drug-likeness (QED) is 0.867. The van der Waals surface area contributed by atoms with E-state index in [1.807, 2.05) is 0 Å². The first-order chi connectivity index (χ1) is 12.6. The minimum absolute atomic E-state index is 0.477. The van der Waals surface area contributed by atoms with Crippen molar-refractivity contribution in [2.45, 2.75) is 25.8 Å². The molecule has 0 radical (unpaired) electrons. The number of para-hydroxylation sites is 1. The van der Waals surface area contributed by atoms with Crippen LogP contribution in [-0.2, 0) is 17.8 Å². The Kier molecular flexibility index (Phi) is 4.68. The zero-order valence-electron chi connectivity index (χ0n) is 15.1. The van der Waals surface area contributed by atoms with E-state index in [9.17, 15) is 9.90 Å². The molecule has 0 bridgehead atoms. The predicted molar refractivity (Wildman–Crippen MR) is 103 cm³/mol. The van der Waals surface area contributed by atoms with Crippen molar-refractivity contribution in [1.82, 2.24) is 4.90 Å². The monoisotopic (exact) mass is 350 g/mol. The number of anilines is 1. The lowest BCUT2D eigenvalue weighted by molar-refractivity contribution is -0.143. The SMILES string of the molecule is O=C(O)C1(Cc2ccc(CN3CCN(c4ccccc4)CC3)cc2)CC1. The average molecular weight is 350 g/mol. The summed E-state index contributed by atoms with van der Waals surface area (Å²) < 4.78 is 0. The van der Waals surface area contributed by atoms with Crippen LogP contribution in [0.1, 0.15) is 24.0 Å². The van der Waals surface area contributed by atoms with Crippen LogP contribution < -0.4 is 4.90 Å². The lowest BCUT2D eigenvalue weighted by atomic mass is 9.96. The highest BCUT2D eigenvalue weighted by Gasteiger charge is 2.49. The van der Waals surface area contributed by atoms with Gasteiger partial charge in [0.05, 0.1) is 5.41 Å². The van der Waals surface area contributed by atoms with E-state index in [0.717, 1.165) is 51.1 Å². The number of hydrogen-bond donors (Lipinski definition) is 1. The first-order valence-electron chi connectivity index (χ1n) is 9.48. The predicted octanol–water partition coefficient (Wildman–Crippen LogP) is 3.42. The van der Waals surface area contributed by atoms with E-state index < -0.39 is 11.4 Å². The smallest absolute Gasteiger partial charge is 0.309 e. The van der Waals surface area contributed by atoms with Crippen LogP contribution >= 0.6 is 0 Å². The van der Waals surface area contributed by atoms with Crippen LogP contribution in [0.2, 0.25) is 0 Å². The Morgan fingerprint density at radius 2 is 1.50 bits per heavy atom. The van der Waals surface area contributed by atoms with Crippen LogP contribution in [0.25, 0.3) is 0 Å². The van der Waals surface area contributed by atoms with Gasteiger partial charge in [-0.25, -0.2) is 0 Å². The van der Waals surface area contributed by atoms with E-state index in [1.54, 1.807) is 0 Å². The third kappa shape index (κ3) is 3.75. The van der Waals surface area contributed by atoms with Crippen molar-refractivity contribution in [1.29, 1.82) is 0 Å². The first kappa shape index (κ1) is 17.1. The van der Waals surface area contributed by atoms with Gasteiger partial charge in [0, 0.05) is 38.4 Å². The summed E-state index contributed by atoms with van der Waals surface area (Å²) in [6.07, 6.45) is 2.30. The third-order valence-electron chi connectivity index (χ3n) is 5.77. The molecule has 2 fully saturated rings. The number of carboxylic acids is 1. The fraction of sp³-hybridized carbons (Fsp3) is 0.409. The molecule has 1 saturated carbocycles. The van der Waals surface area contributed by atoms with Crippen molar-refractivity contribution in [2.24, 2.45) is 5.41 Å². The highest BCUT2D eigenvalue weighted by Crippen LogP contribution is 2.48.